The van der Waals surface area contributed by atoms with Gasteiger partial charge in [0.1, 0.15) is 5.52 Å². The van der Waals surface area contributed by atoms with Crippen LogP contribution in [0.3, 0.4) is 0 Å². The number of oxazole rings is 1. The lowest BCUT2D eigenvalue weighted by molar-refractivity contribution is 0.0435. The highest BCUT2D eigenvalue weighted by atomic mass is 16.4. The van der Waals surface area contributed by atoms with Gasteiger partial charge in [-0.25, -0.2) is 0 Å². The lowest BCUT2D eigenvalue weighted by atomic mass is 9.96. The number of aliphatic hydroxyl groups is 1. The highest BCUT2D eigenvalue weighted by Gasteiger charge is 2.30. The minimum absolute atomic E-state index is 0.583. The smallest absolute Gasteiger partial charge is 0.298 e. The van der Waals surface area contributed by atoms with Crippen molar-refractivity contribution < 1.29 is 9.52 Å². The van der Waals surface area contributed by atoms with Crippen LogP contribution in [0, 0.1) is 0 Å². The molecule has 1 aromatic heterocycles. The Bertz CT molecular complexity index is 500. The Morgan fingerprint density at radius 2 is 2.24 bits per heavy atom. The standard InChI is InChI=1S/C13H16N2O2/c1-13(16)7-4-8-15(9-13)12-14-10-5-2-3-6-11(10)17-12/h2-3,5-6,16H,4,7-9H2,1H3. The lowest BCUT2D eigenvalue weighted by Crippen LogP contribution is -2.46. The van der Waals surface area contributed by atoms with Gasteiger partial charge in [-0.15, -0.1) is 0 Å². The van der Waals surface area contributed by atoms with Crippen molar-refractivity contribution in [2.24, 2.45) is 0 Å². The zero-order valence-corrected chi connectivity index (χ0v) is 9.89. The molecule has 4 heteroatoms. The monoisotopic (exact) mass is 232 g/mol. The minimum atomic E-state index is -0.640. The molecule has 17 heavy (non-hydrogen) atoms. The number of piperidine rings is 1. The molecular formula is C13H16N2O2. The van der Waals surface area contributed by atoms with E-state index >= 15 is 0 Å². The second-order valence-corrected chi connectivity index (χ2v) is 4.99. The second-order valence-electron chi connectivity index (χ2n) is 4.99. The molecule has 0 radical (unpaired) electrons. The number of β-amino-alcohol motifs (C(OH)–C–C–N with tert-alkyl or cyclic N) is 1. The van der Waals surface area contributed by atoms with Crippen molar-refractivity contribution in [1.82, 2.24) is 4.98 Å². The van der Waals surface area contributed by atoms with Gasteiger partial charge in [-0.3, -0.25) is 0 Å². The summed E-state index contributed by atoms with van der Waals surface area (Å²) in [5.74, 6) is 0. The number of para-hydroxylation sites is 2. The molecule has 90 valence electrons. The molecule has 0 spiro atoms. The molecule has 1 saturated heterocycles. The highest BCUT2D eigenvalue weighted by molar-refractivity contribution is 5.74. The van der Waals surface area contributed by atoms with Gasteiger partial charge in [0.2, 0.25) is 0 Å². The van der Waals surface area contributed by atoms with Crippen LogP contribution in [-0.4, -0.2) is 28.8 Å². The Balaban J connectivity index is 1.93. The topological polar surface area (TPSA) is 49.5 Å². The van der Waals surface area contributed by atoms with Crippen molar-refractivity contribution in [3.8, 4) is 0 Å². The number of benzene rings is 1. The molecule has 1 aromatic carbocycles. The van der Waals surface area contributed by atoms with Gasteiger partial charge < -0.3 is 14.4 Å². The minimum Gasteiger partial charge on any atom is -0.423 e. The van der Waals surface area contributed by atoms with Crippen molar-refractivity contribution in [2.45, 2.75) is 25.4 Å². The Kier molecular flexibility index (Phi) is 2.33. The van der Waals surface area contributed by atoms with Gasteiger partial charge in [0.05, 0.1) is 12.1 Å². The van der Waals surface area contributed by atoms with Crippen LogP contribution in [0.1, 0.15) is 19.8 Å². The van der Waals surface area contributed by atoms with E-state index in [-0.39, 0.29) is 0 Å². The van der Waals surface area contributed by atoms with E-state index < -0.39 is 5.60 Å². The van der Waals surface area contributed by atoms with Crippen LogP contribution in [0.15, 0.2) is 28.7 Å². The van der Waals surface area contributed by atoms with Crippen LogP contribution in [0.2, 0.25) is 0 Å². The van der Waals surface area contributed by atoms with Crippen LogP contribution in [0.4, 0.5) is 6.01 Å². The molecule has 4 nitrogen and oxygen atoms in total. The molecule has 1 atom stereocenters. The van der Waals surface area contributed by atoms with E-state index in [0.717, 1.165) is 30.5 Å². The number of hydrogen-bond acceptors (Lipinski definition) is 4. The van der Waals surface area contributed by atoms with E-state index in [2.05, 4.69) is 4.98 Å². The third-order valence-electron chi connectivity index (χ3n) is 3.23. The molecule has 1 aliphatic rings. The summed E-state index contributed by atoms with van der Waals surface area (Å²) >= 11 is 0. The number of anilines is 1. The molecule has 1 aliphatic heterocycles. The average Bonchev–Trinajstić information content (AvgIpc) is 2.71. The number of fused-ring (bicyclic) bond motifs is 1. The maximum atomic E-state index is 10.1. The molecule has 1 fully saturated rings. The van der Waals surface area contributed by atoms with Crippen LogP contribution >= 0.6 is 0 Å². The van der Waals surface area contributed by atoms with Gasteiger partial charge in [-0.05, 0) is 31.9 Å². The SMILES string of the molecule is CC1(O)CCCN(c2nc3ccccc3o2)C1. The van der Waals surface area contributed by atoms with E-state index in [1.165, 1.54) is 0 Å². The summed E-state index contributed by atoms with van der Waals surface area (Å²) < 4.78 is 5.70. The summed E-state index contributed by atoms with van der Waals surface area (Å²) in [4.78, 5) is 6.47. The van der Waals surface area contributed by atoms with Crippen LogP contribution in [0.25, 0.3) is 11.1 Å². The molecule has 0 aliphatic carbocycles. The van der Waals surface area contributed by atoms with Gasteiger partial charge in [-0.1, -0.05) is 12.1 Å². The Hall–Kier alpha value is -1.55. The predicted octanol–water partition coefficient (Wildman–Crippen LogP) is 2.18. The first kappa shape index (κ1) is 10.6. The second kappa shape index (κ2) is 3.74. The third-order valence-corrected chi connectivity index (χ3v) is 3.23. The lowest BCUT2D eigenvalue weighted by Gasteiger charge is -2.35. The van der Waals surface area contributed by atoms with Gasteiger partial charge in [-0.2, -0.15) is 4.98 Å². The van der Waals surface area contributed by atoms with E-state index in [0.29, 0.717) is 12.6 Å². The fourth-order valence-electron chi connectivity index (χ4n) is 2.38. The zero-order valence-electron chi connectivity index (χ0n) is 9.89. The normalized spacial score (nSPS) is 25.4. The zero-order chi connectivity index (χ0) is 11.9. The molecule has 2 heterocycles. The van der Waals surface area contributed by atoms with Crippen LogP contribution in [0.5, 0.6) is 0 Å². The Labute approximate surface area is 99.9 Å². The number of nitrogens with zero attached hydrogens (tertiary/aromatic N) is 2. The van der Waals surface area contributed by atoms with E-state index in [9.17, 15) is 5.11 Å². The Morgan fingerprint density at radius 1 is 1.41 bits per heavy atom. The third kappa shape index (κ3) is 2.00. The molecule has 0 saturated carbocycles. The predicted molar refractivity (Wildman–Crippen MR) is 66.1 cm³/mol. The molecular weight excluding hydrogens is 216 g/mol. The largest absolute Gasteiger partial charge is 0.423 e. The van der Waals surface area contributed by atoms with Crippen molar-refractivity contribution in [3.63, 3.8) is 0 Å². The number of aromatic nitrogens is 1. The van der Waals surface area contributed by atoms with Gasteiger partial charge in [0.15, 0.2) is 5.58 Å². The fourth-order valence-corrected chi connectivity index (χ4v) is 2.38. The molecule has 3 rings (SSSR count). The van der Waals surface area contributed by atoms with Crippen molar-refractivity contribution in [2.75, 3.05) is 18.0 Å². The van der Waals surface area contributed by atoms with Crippen LogP contribution < -0.4 is 4.90 Å². The number of hydrogen-bond donors (Lipinski definition) is 1. The first-order valence-corrected chi connectivity index (χ1v) is 5.97. The van der Waals surface area contributed by atoms with Gasteiger partial charge >= 0.3 is 0 Å². The molecule has 1 N–H and O–H groups in total. The van der Waals surface area contributed by atoms with Gasteiger partial charge in [0.25, 0.3) is 6.01 Å². The first-order chi connectivity index (χ1) is 8.14. The molecule has 1 unspecified atom stereocenters. The maximum absolute atomic E-state index is 10.1. The van der Waals surface area contributed by atoms with Crippen molar-refractivity contribution >= 4 is 17.1 Å². The van der Waals surface area contributed by atoms with Gasteiger partial charge in [0, 0.05) is 6.54 Å². The number of rotatable bonds is 1. The molecule has 0 amide bonds. The average molecular weight is 232 g/mol. The summed E-state index contributed by atoms with van der Waals surface area (Å²) in [7, 11) is 0. The summed E-state index contributed by atoms with van der Waals surface area (Å²) in [6, 6.07) is 8.34. The summed E-state index contributed by atoms with van der Waals surface area (Å²) in [6.07, 6.45) is 1.80. The summed E-state index contributed by atoms with van der Waals surface area (Å²) in [5.41, 5.74) is 1.03. The van der Waals surface area contributed by atoms with Crippen molar-refractivity contribution in [1.29, 1.82) is 0 Å². The highest BCUT2D eigenvalue weighted by Crippen LogP contribution is 2.27. The maximum Gasteiger partial charge on any atom is 0.298 e. The van der Waals surface area contributed by atoms with E-state index in [1.807, 2.05) is 36.1 Å². The summed E-state index contributed by atoms with van der Waals surface area (Å²) in [5, 5.41) is 10.1. The molecule has 2 aromatic rings. The Morgan fingerprint density at radius 3 is 3.00 bits per heavy atom. The van der Waals surface area contributed by atoms with E-state index in [4.69, 9.17) is 4.42 Å². The van der Waals surface area contributed by atoms with Crippen LogP contribution in [-0.2, 0) is 0 Å². The first-order valence-electron chi connectivity index (χ1n) is 5.97. The van der Waals surface area contributed by atoms with E-state index in [1.54, 1.807) is 0 Å². The summed E-state index contributed by atoms with van der Waals surface area (Å²) in [6.45, 7) is 3.34. The van der Waals surface area contributed by atoms with Crippen molar-refractivity contribution in [3.05, 3.63) is 24.3 Å². The fraction of sp³-hybridized carbons (Fsp3) is 0.462. The molecule has 0 bridgehead atoms. The quantitative estimate of drug-likeness (QED) is 0.818.